The third kappa shape index (κ3) is 3.30. The lowest BCUT2D eigenvalue weighted by Gasteiger charge is -2.30. The van der Waals surface area contributed by atoms with E-state index in [4.69, 9.17) is 0 Å². The lowest BCUT2D eigenvalue weighted by Crippen LogP contribution is -2.35. The van der Waals surface area contributed by atoms with Gasteiger partial charge < -0.3 is 10.2 Å². The summed E-state index contributed by atoms with van der Waals surface area (Å²) < 4.78 is 41.8. The van der Waals surface area contributed by atoms with Crippen LogP contribution in [-0.2, 0) is 7.05 Å². The molecule has 0 saturated carbocycles. The largest absolute Gasteiger partial charge is 0.353 e. The highest BCUT2D eigenvalue weighted by Gasteiger charge is 2.58. The predicted octanol–water partition coefficient (Wildman–Crippen LogP) is 2.51. The number of likely N-dealkylation sites (tertiary alicyclic amines) is 1. The number of fused-ring (bicyclic) bond motifs is 1. The molecule has 7 nitrogen and oxygen atoms in total. The summed E-state index contributed by atoms with van der Waals surface area (Å²) in [5, 5.41) is 7.09. The zero-order chi connectivity index (χ0) is 20.1. The van der Waals surface area contributed by atoms with Gasteiger partial charge in [-0.3, -0.25) is 9.58 Å². The normalized spacial score (nSPS) is 27.6. The minimum Gasteiger partial charge on any atom is -0.353 e. The van der Waals surface area contributed by atoms with Crippen molar-refractivity contribution in [1.82, 2.24) is 24.6 Å². The van der Waals surface area contributed by atoms with Gasteiger partial charge in [0.05, 0.1) is 24.6 Å². The van der Waals surface area contributed by atoms with Crippen molar-refractivity contribution in [2.45, 2.75) is 20.3 Å². The number of alkyl halides is 2. The number of nitrogens with one attached hydrogen (secondary N) is 1. The number of aromatic nitrogens is 4. The molecule has 0 spiro atoms. The second kappa shape index (κ2) is 6.61. The molecule has 2 saturated heterocycles. The highest BCUT2D eigenvalue weighted by atomic mass is 19.3. The second-order valence-electron chi connectivity index (χ2n) is 8.43. The Morgan fingerprint density at radius 3 is 2.39 bits per heavy atom. The van der Waals surface area contributed by atoms with Crippen LogP contribution >= 0.6 is 0 Å². The molecular weight excluding hydrogens is 371 g/mol. The minimum atomic E-state index is -2.34. The maximum atomic E-state index is 14.5. The van der Waals surface area contributed by atoms with Crippen molar-refractivity contribution in [3.8, 4) is 0 Å². The molecule has 4 rings (SSSR count). The third-order valence-corrected chi connectivity index (χ3v) is 6.06. The van der Waals surface area contributed by atoms with Crippen LogP contribution in [-0.4, -0.2) is 63.8 Å². The fourth-order valence-electron chi connectivity index (χ4n) is 4.53. The first-order valence-corrected chi connectivity index (χ1v) is 9.21. The summed E-state index contributed by atoms with van der Waals surface area (Å²) in [6, 6.07) is 0. The summed E-state index contributed by atoms with van der Waals surface area (Å²) in [4.78, 5) is 12.1. The van der Waals surface area contributed by atoms with Crippen molar-refractivity contribution >= 4 is 17.5 Å². The van der Waals surface area contributed by atoms with E-state index in [1.165, 1.54) is 0 Å². The van der Waals surface area contributed by atoms with E-state index in [1.807, 2.05) is 9.80 Å². The van der Waals surface area contributed by atoms with E-state index >= 15 is 0 Å². The van der Waals surface area contributed by atoms with E-state index in [0.29, 0.717) is 31.9 Å². The molecule has 0 aromatic carbocycles. The van der Waals surface area contributed by atoms with Crippen LogP contribution in [0.3, 0.4) is 0 Å². The van der Waals surface area contributed by atoms with E-state index in [1.54, 1.807) is 24.1 Å². The van der Waals surface area contributed by atoms with Crippen molar-refractivity contribution in [3.63, 3.8) is 0 Å². The number of anilines is 3. The summed E-state index contributed by atoms with van der Waals surface area (Å²) in [5.41, 5.74) is 0.284. The van der Waals surface area contributed by atoms with Crippen LogP contribution in [0, 0.1) is 16.6 Å². The van der Waals surface area contributed by atoms with Crippen molar-refractivity contribution in [2.75, 3.05) is 42.9 Å². The van der Waals surface area contributed by atoms with Gasteiger partial charge in [0.2, 0.25) is 5.95 Å². The minimum absolute atomic E-state index is 0.212. The van der Waals surface area contributed by atoms with Gasteiger partial charge in [-0.25, -0.2) is 18.2 Å². The maximum Gasteiger partial charge on any atom is 0.251 e. The number of halogens is 3. The molecule has 2 fully saturated rings. The molecule has 2 atom stereocenters. The summed E-state index contributed by atoms with van der Waals surface area (Å²) in [7, 11) is 1.80. The highest BCUT2D eigenvalue weighted by molar-refractivity contribution is 5.54. The van der Waals surface area contributed by atoms with Crippen LogP contribution in [0.2, 0.25) is 0 Å². The molecule has 2 aliphatic heterocycles. The Kier molecular flexibility index (Phi) is 4.48. The van der Waals surface area contributed by atoms with E-state index < -0.39 is 12.2 Å². The Hall–Kier alpha value is -2.36. The molecule has 2 aromatic heterocycles. The third-order valence-electron chi connectivity index (χ3n) is 6.06. The van der Waals surface area contributed by atoms with Crippen LogP contribution in [0.15, 0.2) is 18.6 Å². The zero-order valence-corrected chi connectivity index (χ0v) is 16.2. The topological polar surface area (TPSA) is 62.1 Å². The molecule has 0 radical (unpaired) electrons. The molecule has 0 bridgehead atoms. The lowest BCUT2D eigenvalue weighted by atomic mass is 9.71. The molecule has 2 unspecified atom stereocenters. The number of nitrogens with zero attached hydrogens (tertiary/aromatic N) is 6. The van der Waals surface area contributed by atoms with Crippen molar-refractivity contribution < 1.29 is 13.2 Å². The molecule has 0 amide bonds. The summed E-state index contributed by atoms with van der Waals surface area (Å²) >= 11 is 0. The Labute approximate surface area is 161 Å². The van der Waals surface area contributed by atoms with E-state index in [2.05, 4.69) is 34.2 Å². The van der Waals surface area contributed by atoms with Crippen LogP contribution in [0.5, 0.6) is 0 Å². The van der Waals surface area contributed by atoms with Crippen LogP contribution in [0.1, 0.15) is 13.8 Å². The quantitative estimate of drug-likeness (QED) is 0.840. The molecule has 28 heavy (non-hydrogen) atoms. The molecule has 1 N–H and O–H groups in total. The van der Waals surface area contributed by atoms with Gasteiger partial charge in [0.15, 0.2) is 11.6 Å². The van der Waals surface area contributed by atoms with Gasteiger partial charge in [0.1, 0.15) is 0 Å². The lowest BCUT2D eigenvalue weighted by molar-refractivity contribution is 0.0932. The van der Waals surface area contributed by atoms with Gasteiger partial charge in [-0.1, -0.05) is 13.8 Å². The maximum absolute atomic E-state index is 14.5. The summed E-state index contributed by atoms with van der Waals surface area (Å²) in [6.07, 6.45) is 2.21. The average Bonchev–Trinajstić information content (AvgIpc) is 3.16. The Morgan fingerprint density at radius 2 is 1.82 bits per heavy atom. The van der Waals surface area contributed by atoms with Crippen molar-refractivity contribution in [2.24, 2.45) is 17.9 Å². The zero-order valence-electron chi connectivity index (χ0n) is 16.2. The Bertz CT molecular complexity index is 853. The number of rotatable bonds is 5. The predicted molar refractivity (Wildman–Crippen MR) is 99.4 cm³/mol. The Balaban J connectivity index is 1.54. The first-order valence-electron chi connectivity index (χ1n) is 9.21. The average molecular weight is 395 g/mol. The van der Waals surface area contributed by atoms with E-state index in [9.17, 15) is 13.2 Å². The molecule has 10 heteroatoms. The number of hydrogen-bond donors (Lipinski definition) is 1. The van der Waals surface area contributed by atoms with E-state index in [0.717, 1.165) is 6.20 Å². The molecular formula is C18H24F3N7. The first kappa shape index (κ1) is 19.0. The van der Waals surface area contributed by atoms with Gasteiger partial charge in [-0.15, -0.1) is 0 Å². The smallest absolute Gasteiger partial charge is 0.251 e. The molecule has 152 valence electrons. The molecule has 4 heterocycles. The number of aryl methyl sites for hydroxylation is 1. The monoisotopic (exact) mass is 395 g/mol. The van der Waals surface area contributed by atoms with E-state index in [-0.39, 0.29) is 29.1 Å². The molecule has 2 aliphatic rings. The first-order chi connectivity index (χ1) is 13.2. The fourth-order valence-corrected chi connectivity index (χ4v) is 4.53. The van der Waals surface area contributed by atoms with Gasteiger partial charge >= 0.3 is 0 Å². The van der Waals surface area contributed by atoms with Gasteiger partial charge in [-0.2, -0.15) is 10.1 Å². The Morgan fingerprint density at radius 1 is 1.14 bits per heavy atom. The van der Waals surface area contributed by atoms with Crippen molar-refractivity contribution in [3.05, 3.63) is 24.4 Å². The molecule has 2 aromatic rings. The highest BCUT2D eigenvalue weighted by Crippen LogP contribution is 2.52. The SMILES string of the molecule is Cn1cc(Nc2ncc(F)c(N3CC4(C)CN(CC(F)F)CC4(C)C3)n2)cn1. The van der Waals surface area contributed by atoms with Crippen LogP contribution < -0.4 is 10.2 Å². The summed E-state index contributed by atoms with van der Waals surface area (Å²) in [5.74, 6) is 0.0306. The van der Waals surface area contributed by atoms with Crippen molar-refractivity contribution in [1.29, 1.82) is 0 Å². The fraction of sp³-hybridized carbons (Fsp3) is 0.611. The molecule has 0 aliphatic carbocycles. The van der Waals surface area contributed by atoms with Gasteiger partial charge in [-0.05, 0) is 0 Å². The summed E-state index contributed by atoms with van der Waals surface area (Å²) in [6.45, 7) is 6.22. The second-order valence-corrected chi connectivity index (χ2v) is 8.43. The van der Waals surface area contributed by atoms with Gasteiger partial charge in [0.25, 0.3) is 6.43 Å². The number of hydrogen-bond acceptors (Lipinski definition) is 6. The standard InChI is InChI=1S/C18H24F3N7/c1-17-8-27(7-14(20)21)9-18(17,2)11-28(10-17)15-13(19)5-22-16(25-15)24-12-4-23-26(3)6-12/h4-6,14H,7-11H2,1-3H3,(H,22,24,25). The van der Waals surface area contributed by atoms with Crippen LogP contribution in [0.25, 0.3) is 0 Å². The van der Waals surface area contributed by atoms with Crippen LogP contribution in [0.4, 0.5) is 30.6 Å². The van der Waals surface area contributed by atoms with Gasteiger partial charge in [0, 0.05) is 50.3 Å².